The van der Waals surface area contributed by atoms with E-state index in [2.05, 4.69) is 15.4 Å². The minimum Gasteiger partial charge on any atom is -0.504 e. The lowest BCUT2D eigenvalue weighted by Crippen LogP contribution is -1.72. The second-order valence-electron chi connectivity index (χ2n) is 2.10. The van der Waals surface area contributed by atoms with E-state index in [0.29, 0.717) is 11.0 Å². The summed E-state index contributed by atoms with van der Waals surface area (Å²) in [6.45, 7) is 0. The fourth-order valence-electron chi connectivity index (χ4n) is 0.875. The van der Waals surface area contributed by atoms with Crippen LogP contribution in [0.15, 0.2) is 12.1 Å². The Hall–Kier alpha value is -1.29. The van der Waals surface area contributed by atoms with Gasteiger partial charge in [-0.25, -0.2) is 0 Å². The van der Waals surface area contributed by atoms with Crippen molar-refractivity contribution in [2.45, 2.75) is 0 Å². The first kappa shape index (κ1) is 6.42. The molecule has 0 amide bonds. The van der Waals surface area contributed by atoms with E-state index in [0.717, 1.165) is 0 Å². The molecular weight excluding hydrogens is 166 g/mol. The van der Waals surface area contributed by atoms with E-state index in [9.17, 15) is 5.11 Å². The van der Waals surface area contributed by atoms with Gasteiger partial charge in [0.25, 0.3) is 0 Å². The summed E-state index contributed by atoms with van der Waals surface area (Å²) in [5.74, 6) is -0.0297. The van der Waals surface area contributed by atoms with E-state index in [1.165, 1.54) is 0 Å². The van der Waals surface area contributed by atoms with Crippen LogP contribution in [-0.4, -0.2) is 20.5 Å². The molecule has 0 atom stereocenters. The first-order valence-electron chi connectivity index (χ1n) is 2.97. The van der Waals surface area contributed by atoms with Crippen LogP contribution in [0.5, 0.6) is 5.75 Å². The number of H-pyrrole nitrogens is 1. The third-order valence-corrected chi connectivity index (χ3v) is 1.73. The van der Waals surface area contributed by atoms with Crippen LogP contribution in [0, 0.1) is 0 Å². The van der Waals surface area contributed by atoms with Crippen molar-refractivity contribution in [1.82, 2.24) is 15.4 Å². The number of hydrogen-bond donors (Lipinski definition) is 2. The SMILES string of the molecule is Oc1c(Cl)ccc2[nH]nnc12. The van der Waals surface area contributed by atoms with Gasteiger partial charge in [-0.2, -0.15) is 0 Å². The molecule has 2 aromatic rings. The lowest BCUT2D eigenvalue weighted by atomic mass is 10.3. The van der Waals surface area contributed by atoms with Gasteiger partial charge in [-0.3, -0.25) is 5.10 Å². The van der Waals surface area contributed by atoms with E-state index < -0.39 is 0 Å². The summed E-state index contributed by atoms with van der Waals surface area (Å²) in [6.07, 6.45) is 0. The molecule has 5 heteroatoms. The molecule has 4 nitrogen and oxygen atoms in total. The molecule has 0 saturated heterocycles. The van der Waals surface area contributed by atoms with Gasteiger partial charge in [0, 0.05) is 0 Å². The van der Waals surface area contributed by atoms with Gasteiger partial charge in [0.15, 0.2) is 11.3 Å². The van der Waals surface area contributed by atoms with Gasteiger partial charge in [-0.05, 0) is 12.1 Å². The summed E-state index contributed by atoms with van der Waals surface area (Å²) in [4.78, 5) is 0. The predicted octanol–water partition coefficient (Wildman–Crippen LogP) is 1.32. The Morgan fingerprint density at radius 3 is 3.09 bits per heavy atom. The molecule has 56 valence electrons. The van der Waals surface area contributed by atoms with Gasteiger partial charge >= 0.3 is 0 Å². The van der Waals surface area contributed by atoms with Crippen molar-refractivity contribution in [3.8, 4) is 5.75 Å². The number of aromatic amines is 1. The number of benzene rings is 1. The summed E-state index contributed by atoms with van der Waals surface area (Å²) in [6, 6.07) is 3.29. The van der Waals surface area contributed by atoms with Crippen molar-refractivity contribution in [3.05, 3.63) is 17.2 Å². The normalized spacial score (nSPS) is 10.6. The molecule has 0 radical (unpaired) electrons. The maximum atomic E-state index is 9.29. The van der Waals surface area contributed by atoms with Gasteiger partial charge in [0.1, 0.15) is 0 Å². The van der Waals surface area contributed by atoms with Gasteiger partial charge in [-0.1, -0.05) is 16.8 Å². The highest BCUT2D eigenvalue weighted by molar-refractivity contribution is 6.33. The molecule has 0 bridgehead atoms. The highest BCUT2D eigenvalue weighted by Crippen LogP contribution is 2.28. The molecular formula is C6H4ClN3O. The summed E-state index contributed by atoms with van der Waals surface area (Å²) >= 11 is 5.61. The lowest BCUT2D eigenvalue weighted by molar-refractivity contribution is 0.480. The number of hydrogen-bond acceptors (Lipinski definition) is 3. The lowest BCUT2D eigenvalue weighted by Gasteiger charge is -1.93. The molecule has 0 aliphatic rings. The Balaban J connectivity index is 2.93. The zero-order chi connectivity index (χ0) is 7.84. The Kier molecular flexibility index (Phi) is 1.22. The second kappa shape index (κ2) is 2.10. The van der Waals surface area contributed by atoms with Crippen LogP contribution in [-0.2, 0) is 0 Å². The fraction of sp³-hybridized carbons (Fsp3) is 0. The Morgan fingerprint density at radius 1 is 1.45 bits per heavy atom. The number of aromatic hydroxyl groups is 1. The third-order valence-electron chi connectivity index (χ3n) is 1.42. The zero-order valence-electron chi connectivity index (χ0n) is 5.37. The van der Waals surface area contributed by atoms with E-state index in [4.69, 9.17) is 11.6 Å². The van der Waals surface area contributed by atoms with Gasteiger partial charge in [-0.15, -0.1) is 5.10 Å². The van der Waals surface area contributed by atoms with E-state index >= 15 is 0 Å². The predicted molar refractivity (Wildman–Crippen MR) is 40.6 cm³/mol. The monoisotopic (exact) mass is 169 g/mol. The average molecular weight is 170 g/mol. The van der Waals surface area contributed by atoms with Crippen LogP contribution >= 0.6 is 11.6 Å². The number of phenolic OH excluding ortho intramolecular Hbond substituents is 1. The number of nitrogens with one attached hydrogen (secondary N) is 1. The van der Waals surface area contributed by atoms with E-state index in [1.54, 1.807) is 12.1 Å². The molecule has 11 heavy (non-hydrogen) atoms. The number of aromatic nitrogens is 3. The zero-order valence-corrected chi connectivity index (χ0v) is 6.13. The van der Waals surface area contributed by atoms with Crippen molar-refractivity contribution < 1.29 is 5.11 Å². The molecule has 2 N–H and O–H groups in total. The number of phenols is 1. The van der Waals surface area contributed by atoms with Gasteiger partial charge < -0.3 is 5.11 Å². The smallest absolute Gasteiger partial charge is 0.164 e. The molecule has 0 aliphatic heterocycles. The van der Waals surface area contributed by atoms with Crippen molar-refractivity contribution in [1.29, 1.82) is 0 Å². The van der Waals surface area contributed by atoms with Crippen LogP contribution in [0.3, 0.4) is 0 Å². The average Bonchev–Trinajstić information content (AvgIpc) is 2.45. The van der Waals surface area contributed by atoms with Crippen molar-refractivity contribution in [2.24, 2.45) is 0 Å². The molecule has 2 rings (SSSR count). The molecule has 0 spiro atoms. The van der Waals surface area contributed by atoms with Crippen molar-refractivity contribution in [2.75, 3.05) is 0 Å². The largest absolute Gasteiger partial charge is 0.504 e. The Bertz CT molecular complexity index is 398. The van der Waals surface area contributed by atoms with Crippen LogP contribution in [0.4, 0.5) is 0 Å². The number of rotatable bonds is 0. The summed E-state index contributed by atoms with van der Waals surface area (Å²) in [7, 11) is 0. The second-order valence-corrected chi connectivity index (χ2v) is 2.51. The maximum Gasteiger partial charge on any atom is 0.164 e. The first-order valence-corrected chi connectivity index (χ1v) is 3.35. The van der Waals surface area contributed by atoms with Crippen LogP contribution < -0.4 is 0 Å². The molecule has 1 aromatic carbocycles. The van der Waals surface area contributed by atoms with Crippen molar-refractivity contribution in [3.63, 3.8) is 0 Å². The number of nitrogens with zero attached hydrogens (tertiary/aromatic N) is 2. The number of fused-ring (bicyclic) bond motifs is 1. The van der Waals surface area contributed by atoms with E-state index in [-0.39, 0.29) is 10.8 Å². The summed E-state index contributed by atoms with van der Waals surface area (Å²) in [5, 5.41) is 19.3. The highest BCUT2D eigenvalue weighted by atomic mass is 35.5. The van der Waals surface area contributed by atoms with Crippen LogP contribution in [0.25, 0.3) is 11.0 Å². The molecule has 0 fully saturated rings. The van der Waals surface area contributed by atoms with E-state index in [1.807, 2.05) is 0 Å². The molecule has 1 aromatic heterocycles. The van der Waals surface area contributed by atoms with Crippen LogP contribution in [0.1, 0.15) is 0 Å². The standard InChI is InChI=1S/C6H4ClN3O/c7-3-1-2-4-5(6(3)11)9-10-8-4/h1-2,11H,(H,8,9,10). The van der Waals surface area contributed by atoms with Crippen molar-refractivity contribution >= 4 is 22.6 Å². The van der Waals surface area contributed by atoms with Crippen LogP contribution in [0.2, 0.25) is 5.02 Å². The molecule has 0 saturated carbocycles. The fourth-order valence-corrected chi connectivity index (χ4v) is 1.03. The Morgan fingerprint density at radius 2 is 2.27 bits per heavy atom. The Labute approximate surface area is 66.8 Å². The molecule has 1 heterocycles. The minimum atomic E-state index is -0.0297. The number of halogens is 1. The highest BCUT2D eigenvalue weighted by Gasteiger charge is 2.06. The third kappa shape index (κ3) is 0.832. The molecule has 0 aliphatic carbocycles. The van der Waals surface area contributed by atoms with Gasteiger partial charge in [0.2, 0.25) is 0 Å². The minimum absolute atomic E-state index is 0.0297. The summed E-state index contributed by atoms with van der Waals surface area (Å²) < 4.78 is 0. The summed E-state index contributed by atoms with van der Waals surface area (Å²) in [5.41, 5.74) is 1.07. The maximum absolute atomic E-state index is 9.29. The topological polar surface area (TPSA) is 61.8 Å². The van der Waals surface area contributed by atoms with Gasteiger partial charge in [0.05, 0.1) is 10.5 Å². The first-order chi connectivity index (χ1) is 5.29. The quantitative estimate of drug-likeness (QED) is 0.625. The molecule has 0 unspecified atom stereocenters.